The summed E-state index contributed by atoms with van der Waals surface area (Å²) in [6, 6.07) is 3.65. The van der Waals surface area contributed by atoms with Crippen molar-refractivity contribution in [2.45, 2.75) is 78.2 Å². The maximum atomic E-state index is 14.3. The van der Waals surface area contributed by atoms with E-state index in [0.717, 1.165) is 17.5 Å². The molecule has 1 aromatic heterocycles. The van der Waals surface area contributed by atoms with E-state index < -0.39 is 35.5 Å². The molecule has 2 aromatic rings. The van der Waals surface area contributed by atoms with Crippen molar-refractivity contribution in [3.05, 3.63) is 34.5 Å². The maximum Gasteiger partial charge on any atom is 0.409 e. The molecule has 13 heteroatoms. The Kier molecular flexibility index (Phi) is 11.1. The van der Waals surface area contributed by atoms with Gasteiger partial charge in [-0.3, -0.25) is 19.4 Å². The summed E-state index contributed by atoms with van der Waals surface area (Å²) in [5.74, 6) is -3.36. The van der Waals surface area contributed by atoms with Crippen LogP contribution in [0, 0.1) is 13.8 Å². The molecule has 1 saturated carbocycles. The number of nitrogens with zero attached hydrogens (tertiary/aromatic N) is 3. The maximum absolute atomic E-state index is 14.3. The Bertz CT molecular complexity index is 1500. The van der Waals surface area contributed by atoms with Gasteiger partial charge in [-0.25, -0.2) is 9.59 Å². The molecule has 2 aliphatic rings. The zero-order chi connectivity index (χ0) is 33.6. The van der Waals surface area contributed by atoms with Gasteiger partial charge >= 0.3 is 18.0 Å². The number of fused-ring (bicyclic) bond motifs is 1. The van der Waals surface area contributed by atoms with E-state index in [0.29, 0.717) is 23.7 Å². The van der Waals surface area contributed by atoms with Crippen LogP contribution in [0.2, 0.25) is 0 Å². The molecule has 1 aliphatic carbocycles. The number of amides is 3. The first-order valence-electron chi connectivity index (χ1n) is 15.9. The highest BCUT2D eigenvalue weighted by Crippen LogP contribution is 2.44. The number of benzene rings is 1. The van der Waals surface area contributed by atoms with Crippen molar-refractivity contribution in [2.24, 2.45) is 5.73 Å². The molecule has 1 atom stereocenters. The quantitative estimate of drug-likeness (QED) is 0.268. The van der Waals surface area contributed by atoms with Gasteiger partial charge in [0.2, 0.25) is 11.5 Å². The summed E-state index contributed by atoms with van der Waals surface area (Å²) < 4.78 is 22.1. The lowest BCUT2D eigenvalue weighted by Crippen LogP contribution is -2.52. The summed E-state index contributed by atoms with van der Waals surface area (Å²) in [4.78, 5) is 73.5. The summed E-state index contributed by atoms with van der Waals surface area (Å²) in [6.45, 7) is 10.4. The average molecular weight is 641 g/mol. The monoisotopic (exact) mass is 640 g/mol. The molecule has 1 aliphatic heterocycles. The van der Waals surface area contributed by atoms with Crippen molar-refractivity contribution in [1.29, 1.82) is 0 Å². The third-order valence-corrected chi connectivity index (χ3v) is 8.62. The number of hydrogen-bond donors (Lipinski definition) is 1. The van der Waals surface area contributed by atoms with Gasteiger partial charge < -0.3 is 34.5 Å². The Labute approximate surface area is 268 Å². The molecule has 0 spiro atoms. The summed E-state index contributed by atoms with van der Waals surface area (Å²) in [5.41, 5.74) is 6.90. The molecule has 1 unspecified atom stereocenters. The molecule has 250 valence electrons. The Morgan fingerprint density at radius 1 is 0.891 bits per heavy atom. The summed E-state index contributed by atoms with van der Waals surface area (Å²) in [6.07, 6.45) is 0.869. The number of aryl methyl sites for hydroxylation is 2. The van der Waals surface area contributed by atoms with Crippen molar-refractivity contribution in [3.8, 4) is 5.75 Å². The van der Waals surface area contributed by atoms with Crippen LogP contribution in [0.15, 0.2) is 12.1 Å². The molecule has 2 heterocycles. The highest BCUT2D eigenvalue weighted by molar-refractivity contribution is 6.05. The second kappa shape index (κ2) is 14.8. The zero-order valence-corrected chi connectivity index (χ0v) is 27.3. The number of aromatic nitrogens is 1. The van der Waals surface area contributed by atoms with Crippen LogP contribution in [-0.4, -0.2) is 96.2 Å². The van der Waals surface area contributed by atoms with E-state index in [4.69, 9.17) is 29.7 Å². The number of hydrogen-bond acceptors (Lipinski definition) is 10. The lowest BCUT2D eigenvalue weighted by molar-refractivity contribution is -0.169. The Hall–Kier alpha value is -4.42. The summed E-state index contributed by atoms with van der Waals surface area (Å²) in [5, 5.41) is 0.468. The molecule has 4 rings (SSSR count). The van der Waals surface area contributed by atoms with E-state index in [-0.39, 0.29) is 81.8 Å². The van der Waals surface area contributed by atoms with Crippen molar-refractivity contribution in [1.82, 2.24) is 14.8 Å². The van der Waals surface area contributed by atoms with Crippen LogP contribution in [0.1, 0.15) is 86.0 Å². The second-order valence-electron chi connectivity index (χ2n) is 11.6. The summed E-state index contributed by atoms with van der Waals surface area (Å²) >= 11 is 0. The molecule has 0 bridgehead atoms. The first-order chi connectivity index (χ1) is 22.0. The van der Waals surface area contributed by atoms with Gasteiger partial charge in [-0.2, -0.15) is 0 Å². The Morgan fingerprint density at radius 2 is 1.50 bits per heavy atom. The lowest BCUT2D eigenvalue weighted by atomic mass is 9.79. The van der Waals surface area contributed by atoms with Crippen molar-refractivity contribution in [3.63, 3.8) is 0 Å². The fraction of sp³-hybridized carbons (Fsp3) is 0.576. The fourth-order valence-corrected chi connectivity index (χ4v) is 5.83. The van der Waals surface area contributed by atoms with E-state index in [9.17, 15) is 24.0 Å². The van der Waals surface area contributed by atoms with Gasteiger partial charge in [-0.1, -0.05) is 0 Å². The largest absolute Gasteiger partial charge is 0.474 e. The Balaban J connectivity index is 1.85. The number of ether oxygens (including phenoxy) is 4. The number of pyridine rings is 1. The first kappa shape index (κ1) is 34.5. The average Bonchev–Trinajstić information content (AvgIpc) is 2.99. The molecule has 46 heavy (non-hydrogen) atoms. The number of piperazine rings is 1. The number of nitrogens with two attached hydrogens (primary N) is 1. The third-order valence-electron chi connectivity index (χ3n) is 8.62. The number of carbonyl (C=O) groups is 5. The summed E-state index contributed by atoms with van der Waals surface area (Å²) in [7, 11) is 0. The van der Waals surface area contributed by atoms with Gasteiger partial charge in [0, 0.05) is 38.0 Å². The van der Waals surface area contributed by atoms with Gasteiger partial charge in [-0.05, 0) is 83.6 Å². The molecular formula is C33H44N4O9. The van der Waals surface area contributed by atoms with Crippen molar-refractivity contribution >= 4 is 40.7 Å². The Morgan fingerprint density at radius 3 is 2.07 bits per heavy atom. The van der Waals surface area contributed by atoms with Gasteiger partial charge in [0.15, 0.2) is 0 Å². The number of primary amides is 1. The van der Waals surface area contributed by atoms with Crippen molar-refractivity contribution < 1.29 is 42.9 Å². The highest BCUT2D eigenvalue weighted by atomic mass is 16.6. The minimum absolute atomic E-state index is 0.0259. The first-order valence-corrected chi connectivity index (χ1v) is 15.9. The van der Waals surface area contributed by atoms with Crippen LogP contribution >= 0.6 is 0 Å². The molecule has 1 aromatic carbocycles. The molecule has 2 N–H and O–H groups in total. The van der Waals surface area contributed by atoms with Crippen LogP contribution in [0.25, 0.3) is 10.9 Å². The van der Waals surface area contributed by atoms with Crippen LogP contribution in [-0.2, 0) is 28.6 Å². The predicted octanol–water partition coefficient (Wildman–Crippen LogP) is 3.54. The van der Waals surface area contributed by atoms with E-state index in [2.05, 4.69) is 0 Å². The van der Waals surface area contributed by atoms with Crippen LogP contribution in [0.3, 0.4) is 0 Å². The highest BCUT2D eigenvalue weighted by Gasteiger charge is 2.49. The lowest BCUT2D eigenvalue weighted by Gasteiger charge is -2.40. The molecule has 13 nitrogen and oxygen atoms in total. The van der Waals surface area contributed by atoms with Crippen LogP contribution < -0.4 is 10.5 Å². The van der Waals surface area contributed by atoms with Gasteiger partial charge in [0.05, 0.1) is 36.9 Å². The predicted molar refractivity (Wildman–Crippen MR) is 167 cm³/mol. The van der Waals surface area contributed by atoms with Crippen molar-refractivity contribution in [2.75, 3.05) is 46.0 Å². The second-order valence-corrected chi connectivity index (χ2v) is 11.6. The number of carbonyl (C=O) groups excluding carboxylic acids is 5. The third kappa shape index (κ3) is 7.18. The molecule has 2 fully saturated rings. The van der Waals surface area contributed by atoms with E-state index in [1.54, 1.807) is 25.7 Å². The van der Waals surface area contributed by atoms with E-state index in [1.807, 2.05) is 26.0 Å². The fourth-order valence-electron chi connectivity index (χ4n) is 5.83. The van der Waals surface area contributed by atoms with Crippen LogP contribution in [0.5, 0.6) is 5.75 Å². The smallest absolute Gasteiger partial charge is 0.409 e. The SMILES string of the molecule is CCOC(=O)CCC(C(=O)N1CCN(C(=O)OCC)CC1)c1nc2cc(C)c(C)cc2c(OC2(C(=O)OCC)CCC2)c1C(N)=O. The molecular weight excluding hydrogens is 596 g/mol. The topological polar surface area (TPSA) is 168 Å². The molecule has 0 radical (unpaired) electrons. The number of esters is 2. The standard InChI is InChI=1S/C33H44N4O9/c1-6-43-25(38)11-10-22(30(40)36-14-16-37(17-15-36)32(42)45-8-3)27-26(29(34)39)28(23-18-20(4)21(5)19-24(23)35-27)46-33(12-9-13-33)31(41)44-7-2/h18-19,22H,6-17H2,1-5H3,(H2,34,39). The van der Waals surface area contributed by atoms with E-state index >= 15 is 0 Å². The van der Waals surface area contributed by atoms with Gasteiger partial charge in [0.1, 0.15) is 11.3 Å². The number of rotatable bonds is 12. The minimum Gasteiger partial charge on any atom is -0.474 e. The van der Waals surface area contributed by atoms with E-state index in [1.165, 1.54) is 4.90 Å². The minimum atomic E-state index is -1.32. The van der Waals surface area contributed by atoms with Gasteiger partial charge in [0.25, 0.3) is 5.91 Å². The zero-order valence-electron chi connectivity index (χ0n) is 27.3. The molecule has 3 amide bonds. The van der Waals surface area contributed by atoms with Gasteiger partial charge in [-0.15, -0.1) is 0 Å². The normalized spacial score (nSPS) is 16.3. The van der Waals surface area contributed by atoms with Crippen LogP contribution in [0.4, 0.5) is 4.79 Å². The molecule has 1 saturated heterocycles.